The van der Waals surface area contributed by atoms with E-state index in [-0.39, 0.29) is 21.9 Å². The third-order valence-electron chi connectivity index (χ3n) is 2.90. The Kier molecular flexibility index (Phi) is 4.20. The van der Waals surface area contributed by atoms with Gasteiger partial charge in [-0.25, -0.2) is 13.2 Å². The van der Waals surface area contributed by atoms with E-state index in [9.17, 15) is 13.2 Å². The van der Waals surface area contributed by atoms with Crippen molar-refractivity contribution in [3.8, 4) is 5.75 Å². The first-order valence-electron chi connectivity index (χ1n) is 5.67. The molecule has 0 amide bonds. The van der Waals surface area contributed by atoms with Crippen molar-refractivity contribution in [2.24, 2.45) is 5.73 Å². The van der Waals surface area contributed by atoms with Gasteiger partial charge in [-0.1, -0.05) is 17.7 Å². The molecule has 0 spiro atoms. The van der Waals surface area contributed by atoms with E-state index in [0.29, 0.717) is 0 Å². The minimum atomic E-state index is -1.15. The van der Waals surface area contributed by atoms with Crippen molar-refractivity contribution in [3.63, 3.8) is 0 Å². The minimum absolute atomic E-state index is 0.0400. The molecule has 2 N–H and O–H groups in total. The van der Waals surface area contributed by atoms with Crippen molar-refractivity contribution in [1.82, 2.24) is 0 Å². The Morgan fingerprint density at radius 2 is 1.65 bits per heavy atom. The summed E-state index contributed by atoms with van der Waals surface area (Å²) in [5.74, 6) is -2.37. The number of ether oxygens (including phenoxy) is 1. The SMILES string of the molecule is COc1cc(F)c(C(N)c2ccc(Cl)c(F)c2)c(F)c1. The van der Waals surface area contributed by atoms with E-state index in [1.54, 1.807) is 0 Å². The molecule has 0 aliphatic rings. The fourth-order valence-corrected chi connectivity index (χ4v) is 1.97. The first-order valence-corrected chi connectivity index (χ1v) is 6.05. The second-order valence-electron chi connectivity index (χ2n) is 4.16. The first kappa shape index (κ1) is 14.7. The van der Waals surface area contributed by atoms with E-state index >= 15 is 0 Å². The molecule has 0 aliphatic heterocycles. The van der Waals surface area contributed by atoms with Crippen molar-refractivity contribution in [2.45, 2.75) is 6.04 Å². The molecule has 0 radical (unpaired) electrons. The maximum absolute atomic E-state index is 13.9. The van der Waals surface area contributed by atoms with Crippen LogP contribution in [-0.2, 0) is 0 Å². The lowest BCUT2D eigenvalue weighted by molar-refractivity contribution is 0.404. The lowest BCUT2D eigenvalue weighted by Gasteiger charge is -2.15. The molecular weight excluding hydrogens is 291 g/mol. The topological polar surface area (TPSA) is 35.2 Å². The normalized spacial score (nSPS) is 12.3. The summed E-state index contributed by atoms with van der Waals surface area (Å²) in [5, 5.41) is -0.0865. The van der Waals surface area contributed by atoms with Crippen LogP contribution in [-0.4, -0.2) is 7.11 Å². The standard InChI is InChI=1S/C14H11ClF3NO/c1-20-8-5-11(17)13(12(18)6-8)14(19)7-2-3-9(15)10(16)4-7/h2-6,14H,19H2,1H3. The lowest BCUT2D eigenvalue weighted by atomic mass is 9.98. The van der Waals surface area contributed by atoms with Gasteiger partial charge in [0.25, 0.3) is 0 Å². The molecule has 0 saturated carbocycles. The predicted molar refractivity (Wildman–Crippen MR) is 70.4 cm³/mol. The molecule has 20 heavy (non-hydrogen) atoms. The maximum Gasteiger partial charge on any atom is 0.142 e. The van der Waals surface area contributed by atoms with E-state index < -0.39 is 23.5 Å². The molecule has 1 atom stereocenters. The Morgan fingerprint density at radius 1 is 1.05 bits per heavy atom. The summed E-state index contributed by atoms with van der Waals surface area (Å²) in [6.07, 6.45) is 0. The van der Waals surface area contributed by atoms with Gasteiger partial charge >= 0.3 is 0 Å². The van der Waals surface area contributed by atoms with Crippen LogP contribution in [0.1, 0.15) is 17.2 Å². The zero-order valence-corrected chi connectivity index (χ0v) is 11.2. The fourth-order valence-electron chi connectivity index (χ4n) is 1.85. The minimum Gasteiger partial charge on any atom is -0.497 e. The Balaban J connectivity index is 2.47. The van der Waals surface area contributed by atoms with E-state index in [0.717, 1.165) is 18.2 Å². The second kappa shape index (κ2) is 5.73. The van der Waals surface area contributed by atoms with Gasteiger partial charge in [0.2, 0.25) is 0 Å². The van der Waals surface area contributed by atoms with Gasteiger partial charge < -0.3 is 10.5 Å². The average Bonchev–Trinajstić information content (AvgIpc) is 2.40. The first-order chi connectivity index (χ1) is 9.43. The van der Waals surface area contributed by atoms with Crippen LogP contribution in [0, 0.1) is 17.5 Å². The Morgan fingerprint density at radius 3 is 2.15 bits per heavy atom. The molecule has 0 bridgehead atoms. The smallest absolute Gasteiger partial charge is 0.142 e. The molecule has 0 aliphatic carbocycles. The summed E-state index contributed by atoms with van der Waals surface area (Å²) in [6, 6.07) is 4.64. The van der Waals surface area contributed by atoms with Gasteiger partial charge in [-0.05, 0) is 17.7 Å². The fraction of sp³-hybridized carbons (Fsp3) is 0.143. The summed E-state index contributed by atoms with van der Waals surface area (Å²) in [7, 11) is 1.29. The van der Waals surface area contributed by atoms with Gasteiger partial charge in [-0.15, -0.1) is 0 Å². The molecular formula is C14H11ClF3NO. The lowest BCUT2D eigenvalue weighted by Crippen LogP contribution is -2.16. The highest BCUT2D eigenvalue weighted by Crippen LogP contribution is 2.29. The van der Waals surface area contributed by atoms with Crippen molar-refractivity contribution in [3.05, 3.63) is 63.9 Å². The highest BCUT2D eigenvalue weighted by Gasteiger charge is 2.20. The van der Waals surface area contributed by atoms with Crippen LogP contribution >= 0.6 is 11.6 Å². The summed E-state index contributed by atoms with van der Waals surface area (Å²) in [6.45, 7) is 0. The van der Waals surface area contributed by atoms with Gasteiger partial charge in [0.05, 0.1) is 18.2 Å². The number of rotatable bonds is 3. The largest absolute Gasteiger partial charge is 0.497 e. The molecule has 2 aromatic carbocycles. The van der Waals surface area contributed by atoms with Crippen LogP contribution in [0.3, 0.4) is 0 Å². The van der Waals surface area contributed by atoms with Crippen LogP contribution in [0.5, 0.6) is 5.75 Å². The van der Waals surface area contributed by atoms with Crippen LogP contribution in [0.15, 0.2) is 30.3 Å². The van der Waals surface area contributed by atoms with Crippen LogP contribution in [0.2, 0.25) is 5.02 Å². The molecule has 2 rings (SSSR count). The molecule has 2 nitrogen and oxygen atoms in total. The maximum atomic E-state index is 13.9. The van der Waals surface area contributed by atoms with Gasteiger partial charge in [0, 0.05) is 17.7 Å². The number of methoxy groups -OCH3 is 1. The van der Waals surface area contributed by atoms with Crippen molar-refractivity contribution in [2.75, 3.05) is 7.11 Å². The van der Waals surface area contributed by atoms with Gasteiger partial charge in [-0.3, -0.25) is 0 Å². The zero-order valence-electron chi connectivity index (χ0n) is 10.5. The van der Waals surface area contributed by atoms with Gasteiger partial charge in [0.15, 0.2) is 0 Å². The van der Waals surface area contributed by atoms with Crippen LogP contribution < -0.4 is 10.5 Å². The van der Waals surface area contributed by atoms with E-state index in [4.69, 9.17) is 22.1 Å². The third-order valence-corrected chi connectivity index (χ3v) is 3.21. The summed E-state index contributed by atoms with van der Waals surface area (Å²) >= 11 is 5.55. The summed E-state index contributed by atoms with van der Waals surface area (Å²) in [5.41, 5.74) is 5.66. The quantitative estimate of drug-likeness (QED) is 0.935. The molecule has 0 saturated heterocycles. The molecule has 6 heteroatoms. The second-order valence-corrected chi connectivity index (χ2v) is 4.56. The van der Waals surface area contributed by atoms with Crippen LogP contribution in [0.4, 0.5) is 13.2 Å². The monoisotopic (exact) mass is 301 g/mol. The van der Waals surface area contributed by atoms with Crippen LogP contribution in [0.25, 0.3) is 0 Å². The third kappa shape index (κ3) is 2.73. The van der Waals surface area contributed by atoms with Gasteiger partial charge in [-0.2, -0.15) is 0 Å². The Hall–Kier alpha value is -1.72. The summed E-state index contributed by atoms with van der Waals surface area (Å²) < 4.78 is 45.9. The zero-order chi connectivity index (χ0) is 14.9. The van der Waals surface area contributed by atoms with Crippen molar-refractivity contribution in [1.29, 1.82) is 0 Å². The molecule has 2 aromatic rings. The highest BCUT2D eigenvalue weighted by atomic mass is 35.5. The molecule has 0 aromatic heterocycles. The number of hydrogen-bond acceptors (Lipinski definition) is 2. The number of halogens is 4. The van der Waals surface area contributed by atoms with Crippen molar-refractivity contribution < 1.29 is 17.9 Å². The number of hydrogen-bond donors (Lipinski definition) is 1. The number of benzene rings is 2. The number of nitrogens with two attached hydrogens (primary N) is 1. The summed E-state index contributed by atoms with van der Waals surface area (Å²) in [4.78, 5) is 0. The molecule has 0 fully saturated rings. The van der Waals surface area contributed by atoms with E-state index in [1.165, 1.54) is 19.2 Å². The molecule has 106 valence electrons. The Labute approximate surface area is 118 Å². The van der Waals surface area contributed by atoms with Crippen molar-refractivity contribution >= 4 is 11.6 Å². The van der Waals surface area contributed by atoms with E-state index in [1.807, 2.05) is 0 Å². The Bertz CT molecular complexity index is 625. The molecule has 0 heterocycles. The predicted octanol–water partition coefficient (Wildman–Crippen LogP) is 3.81. The van der Waals surface area contributed by atoms with Gasteiger partial charge in [0.1, 0.15) is 23.2 Å². The highest BCUT2D eigenvalue weighted by molar-refractivity contribution is 6.30. The average molecular weight is 302 g/mol. The van der Waals surface area contributed by atoms with E-state index in [2.05, 4.69) is 0 Å². The molecule has 1 unspecified atom stereocenters.